The summed E-state index contributed by atoms with van der Waals surface area (Å²) in [6.45, 7) is 2.13. The Kier molecular flexibility index (Phi) is 4.09. The Labute approximate surface area is 128 Å². The molecule has 0 bridgehead atoms. The van der Waals surface area contributed by atoms with Gasteiger partial charge in [0.25, 0.3) is 5.56 Å². The van der Waals surface area contributed by atoms with E-state index < -0.39 is 5.69 Å². The Morgan fingerprint density at radius 1 is 1.14 bits per heavy atom. The summed E-state index contributed by atoms with van der Waals surface area (Å²) < 4.78 is 0. The standard InChI is InChI=1S/C18H20N2O2/c1-12-7-9-14(10-8-12)16-15(17(21)20-18(22)19-16)11-13-5-3-2-4-6-13/h2-7,14H,8-11H2,1H3,(H2,19,20,21,22). The third kappa shape index (κ3) is 3.11. The monoisotopic (exact) mass is 296 g/mol. The van der Waals surface area contributed by atoms with Gasteiger partial charge in [0.05, 0.1) is 0 Å². The summed E-state index contributed by atoms with van der Waals surface area (Å²) in [5.41, 5.74) is 3.26. The minimum Gasteiger partial charge on any atom is -0.311 e. The second-order valence-corrected chi connectivity index (χ2v) is 5.98. The zero-order valence-electron chi connectivity index (χ0n) is 12.7. The summed E-state index contributed by atoms with van der Waals surface area (Å²) >= 11 is 0. The van der Waals surface area contributed by atoms with E-state index in [-0.39, 0.29) is 11.5 Å². The molecule has 0 fully saturated rings. The van der Waals surface area contributed by atoms with Crippen molar-refractivity contribution in [2.45, 2.75) is 38.5 Å². The van der Waals surface area contributed by atoms with E-state index in [1.54, 1.807) is 0 Å². The van der Waals surface area contributed by atoms with Gasteiger partial charge in [-0.1, -0.05) is 42.0 Å². The van der Waals surface area contributed by atoms with Crippen LogP contribution in [0.15, 0.2) is 51.6 Å². The maximum atomic E-state index is 12.3. The van der Waals surface area contributed by atoms with E-state index in [2.05, 4.69) is 23.0 Å². The highest BCUT2D eigenvalue weighted by Crippen LogP contribution is 2.31. The van der Waals surface area contributed by atoms with Crippen LogP contribution in [-0.2, 0) is 6.42 Å². The van der Waals surface area contributed by atoms with Crippen molar-refractivity contribution in [3.63, 3.8) is 0 Å². The van der Waals surface area contributed by atoms with E-state index in [0.29, 0.717) is 12.0 Å². The molecule has 3 rings (SSSR count). The van der Waals surface area contributed by atoms with Crippen molar-refractivity contribution < 1.29 is 0 Å². The van der Waals surface area contributed by atoms with Gasteiger partial charge in [-0.05, 0) is 31.7 Å². The van der Waals surface area contributed by atoms with Crippen LogP contribution in [0.5, 0.6) is 0 Å². The van der Waals surface area contributed by atoms with Crippen molar-refractivity contribution in [3.8, 4) is 0 Å². The number of hydrogen-bond acceptors (Lipinski definition) is 2. The maximum absolute atomic E-state index is 12.3. The molecule has 1 heterocycles. The normalized spacial score (nSPS) is 18.0. The highest BCUT2D eigenvalue weighted by Gasteiger charge is 2.21. The largest absolute Gasteiger partial charge is 0.325 e. The summed E-state index contributed by atoms with van der Waals surface area (Å²) in [4.78, 5) is 29.2. The molecule has 4 heteroatoms. The van der Waals surface area contributed by atoms with Crippen molar-refractivity contribution in [2.24, 2.45) is 0 Å². The van der Waals surface area contributed by atoms with Gasteiger partial charge in [0.1, 0.15) is 0 Å². The van der Waals surface area contributed by atoms with Crippen LogP contribution < -0.4 is 11.2 Å². The maximum Gasteiger partial charge on any atom is 0.325 e. The molecule has 0 aliphatic heterocycles. The minimum absolute atomic E-state index is 0.220. The Morgan fingerprint density at radius 3 is 2.59 bits per heavy atom. The van der Waals surface area contributed by atoms with Crippen LogP contribution in [0.3, 0.4) is 0 Å². The fourth-order valence-corrected chi connectivity index (χ4v) is 3.08. The van der Waals surface area contributed by atoms with Crippen LogP contribution in [0.25, 0.3) is 0 Å². The molecule has 22 heavy (non-hydrogen) atoms. The highest BCUT2D eigenvalue weighted by molar-refractivity contribution is 5.30. The lowest BCUT2D eigenvalue weighted by Crippen LogP contribution is -2.29. The van der Waals surface area contributed by atoms with Crippen LogP contribution >= 0.6 is 0 Å². The lowest BCUT2D eigenvalue weighted by Gasteiger charge is -2.22. The first-order valence-electron chi connectivity index (χ1n) is 7.68. The predicted octanol–water partition coefficient (Wildman–Crippen LogP) is 2.87. The SMILES string of the molecule is CC1=CCC(c2[nH]c(=O)[nH]c(=O)c2Cc2ccccc2)CC1. The molecule has 0 saturated heterocycles. The van der Waals surface area contributed by atoms with Crippen LogP contribution in [0.4, 0.5) is 0 Å². The molecule has 0 amide bonds. The van der Waals surface area contributed by atoms with Crippen molar-refractivity contribution >= 4 is 0 Å². The number of rotatable bonds is 3. The van der Waals surface area contributed by atoms with Crippen LogP contribution in [0.1, 0.15) is 48.9 Å². The topological polar surface area (TPSA) is 65.7 Å². The number of aromatic nitrogens is 2. The number of nitrogens with one attached hydrogen (secondary N) is 2. The number of allylic oxidation sites excluding steroid dienone is 2. The molecule has 0 spiro atoms. The summed E-state index contributed by atoms with van der Waals surface area (Å²) in [6, 6.07) is 9.87. The zero-order chi connectivity index (χ0) is 15.5. The van der Waals surface area contributed by atoms with Gasteiger partial charge in [-0.15, -0.1) is 0 Å². The molecule has 114 valence electrons. The average molecular weight is 296 g/mol. The highest BCUT2D eigenvalue weighted by atomic mass is 16.2. The Morgan fingerprint density at radius 2 is 1.91 bits per heavy atom. The molecule has 1 aromatic heterocycles. The summed E-state index contributed by atoms with van der Waals surface area (Å²) in [5, 5.41) is 0. The smallest absolute Gasteiger partial charge is 0.311 e. The molecule has 2 aromatic rings. The molecule has 2 N–H and O–H groups in total. The van der Waals surface area contributed by atoms with Crippen molar-refractivity contribution in [3.05, 3.63) is 79.6 Å². The van der Waals surface area contributed by atoms with Gasteiger partial charge in [-0.2, -0.15) is 0 Å². The van der Waals surface area contributed by atoms with Crippen molar-refractivity contribution in [2.75, 3.05) is 0 Å². The third-order valence-corrected chi connectivity index (χ3v) is 4.34. The van der Waals surface area contributed by atoms with Crippen molar-refractivity contribution in [1.82, 2.24) is 9.97 Å². The molecule has 1 unspecified atom stereocenters. The Hall–Kier alpha value is -2.36. The molecule has 1 aliphatic carbocycles. The Bertz CT molecular complexity index is 800. The summed E-state index contributed by atoms with van der Waals surface area (Å²) in [6.07, 6.45) is 5.63. The zero-order valence-corrected chi connectivity index (χ0v) is 12.7. The van der Waals surface area contributed by atoms with Crippen LogP contribution in [-0.4, -0.2) is 9.97 Å². The lowest BCUT2D eigenvalue weighted by atomic mass is 9.85. The molecule has 1 aromatic carbocycles. The van der Waals surface area contributed by atoms with E-state index >= 15 is 0 Å². The Balaban J connectivity index is 2.02. The number of hydrogen-bond donors (Lipinski definition) is 2. The van der Waals surface area contributed by atoms with E-state index in [4.69, 9.17) is 0 Å². The van der Waals surface area contributed by atoms with E-state index in [9.17, 15) is 9.59 Å². The fraction of sp³-hybridized carbons (Fsp3) is 0.333. The average Bonchev–Trinajstić information content (AvgIpc) is 2.52. The minimum atomic E-state index is -0.414. The lowest BCUT2D eigenvalue weighted by molar-refractivity contribution is 0.574. The van der Waals surface area contributed by atoms with Crippen LogP contribution in [0, 0.1) is 0 Å². The predicted molar refractivity (Wildman–Crippen MR) is 87.3 cm³/mol. The molecule has 1 aliphatic rings. The van der Waals surface area contributed by atoms with Gasteiger partial charge in [0.2, 0.25) is 0 Å². The van der Waals surface area contributed by atoms with Gasteiger partial charge < -0.3 is 4.98 Å². The first kappa shape index (κ1) is 14.6. The quantitative estimate of drug-likeness (QED) is 0.855. The van der Waals surface area contributed by atoms with Gasteiger partial charge >= 0.3 is 5.69 Å². The first-order valence-corrected chi connectivity index (χ1v) is 7.68. The second kappa shape index (κ2) is 6.18. The third-order valence-electron chi connectivity index (χ3n) is 4.34. The molecule has 0 saturated carbocycles. The summed E-state index contributed by atoms with van der Waals surface area (Å²) in [7, 11) is 0. The molecular weight excluding hydrogens is 276 g/mol. The van der Waals surface area contributed by atoms with E-state index in [1.165, 1.54) is 5.57 Å². The fourth-order valence-electron chi connectivity index (χ4n) is 3.08. The molecule has 1 atom stereocenters. The molecular formula is C18H20N2O2. The number of H-pyrrole nitrogens is 2. The van der Waals surface area contributed by atoms with Gasteiger partial charge in [0.15, 0.2) is 0 Å². The van der Waals surface area contributed by atoms with Crippen LogP contribution in [0.2, 0.25) is 0 Å². The van der Waals surface area contributed by atoms with Crippen molar-refractivity contribution in [1.29, 1.82) is 0 Å². The molecule has 4 nitrogen and oxygen atoms in total. The number of aromatic amines is 2. The van der Waals surface area contributed by atoms with E-state index in [1.807, 2.05) is 30.3 Å². The van der Waals surface area contributed by atoms with E-state index in [0.717, 1.165) is 30.5 Å². The second-order valence-electron chi connectivity index (χ2n) is 5.98. The molecule has 0 radical (unpaired) electrons. The van der Waals surface area contributed by atoms with Gasteiger partial charge in [0, 0.05) is 23.6 Å². The van der Waals surface area contributed by atoms with Gasteiger partial charge in [-0.25, -0.2) is 4.79 Å². The first-order chi connectivity index (χ1) is 10.6. The summed E-state index contributed by atoms with van der Waals surface area (Å²) in [5.74, 6) is 0.220. The number of benzene rings is 1. The van der Waals surface area contributed by atoms with Gasteiger partial charge in [-0.3, -0.25) is 9.78 Å².